The lowest BCUT2D eigenvalue weighted by Crippen LogP contribution is -1.94. The molecule has 0 bridgehead atoms. The van der Waals surface area contributed by atoms with Crippen LogP contribution in [-0.2, 0) is 12.4 Å². The normalized spacial score (nSPS) is 10.5. The minimum absolute atomic E-state index is 0.00797. The maximum atomic E-state index is 11.1. The average Bonchev–Trinajstić information content (AvgIpc) is 2.46. The zero-order chi connectivity index (χ0) is 14.5. The fraction of sp³-hybridized carbons (Fsp3) is 0.143. The van der Waals surface area contributed by atoms with E-state index in [0.717, 1.165) is 5.56 Å². The molecule has 6 heteroatoms. The summed E-state index contributed by atoms with van der Waals surface area (Å²) in [5.41, 5.74) is 1.46. The molecular formula is C14H12ClNO3S. The standard InChI is InChI=1S/C14H12ClNO3S/c15-12-4-2-1-3-11(12)9-20-14-6-5-10(8-17)7-13(14)16(18)19/h1-7,17H,8-9H2. The highest BCUT2D eigenvalue weighted by atomic mass is 35.5. The number of aliphatic hydroxyl groups excluding tert-OH is 1. The number of hydrogen-bond acceptors (Lipinski definition) is 4. The van der Waals surface area contributed by atoms with Crippen molar-refractivity contribution >= 4 is 29.1 Å². The predicted octanol–water partition coefficient (Wildman–Crippen LogP) is 4.03. The molecule has 0 saturated carbocycles. The first-order chi connectivity index (χ1) is 9.61. The van der Waals surface area contributed by atoms with Crippen LogP contribution in [0.3, 0.4) is 0 Å². The fourth-order valence-electron chi connectivity index (χ4n) is 1.70. The molecule has 1 N–H and O–H groups in total. The summed E-state index contributed by atoms with van der Waals surface area (Å²) in [6.07, 6.45) is 0. The molecule has 20 heavy (non-hydrogen) atoms. The highest BCUT2D eigenvalue weighted by molar-refractivity contribution is 7.98. The number of nitro benzene ring substituents is 1. The number of nitro groups is 1. The van der Waals surface area contributed by atoms with Crippen LogP contribution in [0.15, 0.2) is 47.4 Å². The average molecular weight is 310 g/mol. The fourth-order valence-corrected chi connectivity index (χ4v) is 2.99. The Morgan fingerprint density at radius 3 is 2.65 bits per heavy atom. The summed E-state index contributed by atoms with van der Waals surface area (Å²) in [4.78, 5) is 11.2. The van der Waals surface area contributed by atoms with Crippen LogP contribution >= 0.6 is 23.4 Å². The molecule has 0 radical (unpaired) electrons. The minimum atomic E-state index is -0.436. The number of nitrogens with zero attached hydrogens (tertiary/aromatic N) is 1. The number of benzene rings is 2. The third-order valence-electron chi connectivity index (χ3n) is 2.74. The third-order valence-corrected chi connectivity index (χ3v) is 4.22. The molecule has 0 aromatic heterocycles. The van der Waals surface area contributed by atoms with E-state index in [1.54, 1.807) is 18.2 Å². The van der Waals surface area contributed by atoms with Crippen molar-refractivity contribution in [3.8, 4) is 0 Å². The minimum Gasteiger partial charge on any atom is -0.392 e. The topological polar surface area (TPSA) is 63.4 Å². The Bertz CT molecular complexity index is 634. The van der Waals surface area contributed by atoms with E-state index in [-0.39, 0.29) is 12.3 Å². The van der Waals surface area contributed by atoms with Crippen LogP contribution in [0.25, 0.3) is 0 Å². The van der Waals surface area contributed by atoms with E-state index < -0.39 is 4.92 Å². The van der Waals surface area contributed by atoms with Crippen molar-refractivity contribution in [3.05, 3.63) is 68.7 Å². The van der Waals surface area contributed by atoms with Crippen molar-refractivity contribution in [2.24, 2.45) is 0 Å². The molecule has 0 heterocycles. The highest BCUT2D eigenvalue weighted by Gasteiger charge is 2.15. The van der Waals surface area contributed by atoms with Crippen LogP contribution in [-0.4, -0.2) is 10.0 Å². The van der Waals surface area contributed by atoms with E-state index in [4.69, 9.17) is 16.7 Å². The van der Waals surface area contributed by atoms with Crippen molar-refractivity contribution in [2.45, 2.75) is 17.3 Å². The molecular weight excluding hydrogens is 298 g/mol. The van der Waals surface area contributed by atoms with Gasteiger partial charge in [-0.3, -0.25) is 10.1 Å². The first-order valence-corrected chi connectivity index (χ1v) is 7.22. The molecule has 0 amide bonds. The van der Waals surface area contributed by atoms with E-state index in [9.17, 15) is 10.1 Å². The van der Waals surface area contributed by atoms with Gasteiger partial charge in [-0.25, -0.2) is 0 Å². The van der Waals surface area contributed by atoms with Crippen LogP contribution in [0.4, 0.5) is 5.69 Å². The van der Waals surface area contributed by atoms with E-state index in [0.29, 0.717) is 21.2 Å². The lowest BCUT2D eigenvalue weighted by molar-refractivity contribution is -0.387. The van der Waals surface area contributed by atoms with Gasteiger partial charge in [0.05, 0.1) is 16.4 Å². The SMILES string of the molecule is O=[N+]([O-])c1cc(CO)ccc1SCc1ccccc1Cl. The molecule has 104 valence electrons. The Morgan fingerprint density at radius 1 is 1.25 bits per heavy atom. The number of halogens is 1. The van der Waals surface area contributed by atoms with E-state index in [2.05, 4.69) is 0 Å². The lowest BCUT2D eigenvalue weighted by Gasteiger charge is -2.06. The number of aliphatic hydroxyl groups is 1. The Hall–Kier alpha value is -1.56. The third kappa shape index (κ3) is 3.50. The summed E-state index contributed by atoms with van der Waals surface area (Å²) >= 11 is 7.41. The van der Waals surface area contributed by atoms with Crippen LogP contribution in [0.1, 0.15) is 11.1 Å². The second-order valence-electron chi connectivity index (χ2n) is 4.10. The van der Waals surface area contributed by atoms with Crippen LogP contribution in [0.5, 0.6) is 0 Å². The summed E-state index contributed by atoms with van der Waals surface area (Å²) in [5, 5.41) is 20.7. The molecule has 0 spiro atoms. The molecule has 0 aliphatic heterocycles. The number of thioether (sulfide) groups is 1. The lowest BCUT2D eigenvalue weighted by atomic mass is 10.2. The van der Waals surface area contributed by atoms with Crippen molar-refractivity contribution < 1.29 is 10.0 Å². The second-order valence-corrected chi connectivity index (χ2v) is 5.52. The maximum Gasteiger partial charge on any atom is 0.283 e. The van der Waals surface area contributed by atoms with Gasteiger partial charge >= 0.3 is 0 Å². The van der Waals surface area contributed by atoms with Crippen molar-refractivity contribution in [2.75, 3.05) is 0 Å². The van der Waals surface area contributed by atoms with Crippen LogP contribution in [0.2, 0.25) is 5.02 Å². The molecule has 0 unspecified atom stereocenters. The van der Waals surface area contributed by atoms with E-state index in [1.165, 1.54) is 17.8 Å². The predicted molar refractivity (Wildman–Crippen MR) is 80.0 cm³/mol. The molecule has 2 aromatic rings. The Kier molecular flexibility index (Phi) is 5.00. The summed E-state index contributed by atoms with van der Waals surface area (Å²) in [7, 11) is 0. The number of rotatable bonds is 5. The zero-order valence-corrected chi connectivity index (χ0v) is 12.0. The van der Waals surface area contributed by atoms with Gasteiger partial charge in [0, 0.05) is 16.8 Å². The molecule has 0 aliphatic rings. The monoisotopic (exact) mass is 309 g/mol. The van der Waals surface area contributed by atoms with Gasteiger partial charge in [-0.1, -0.05) is 35.9 Å². The molecule has 2 aromatic carbocycles. The molecule has 4 nitrogen and oxygen atoms in total. The number of hydrogen-bond donors (Lipinski definition) is 1. The molecule has 0 fully saturated rings. The first-order valence-electron chi connectivity index (χ1n) is 5.86. The first kappa shape index (κ1) is 14.8. The summed E-state index contributed by atoms with van der Waals surface area (Å²) < 4.78 is 0. The van der Waals surface area contributed by atoms with Gasteiger partial charge in [-0.15, -0.1) is 11.8 Å². The molecule has 2 rings (SSSR count). The smallest absolute Gasteiger partial charge is 0.283 e. The Balaban J connectivity index is 2.21. The van der Waals surface area contributed by atoms with Gasteiger partial charge in [-0.2, -0.15) is 0 Å². The quantitative estimate of drug-likeness (QED) is 0.514. The van der Waals surface area contributed by atoms with Gasteiger partial charge in [0.15, 0.2) is 0 Å². The van der Waals surface area contributed by atoms with E-state index in [1.807, 2.05) is 18.2 Å². The summed E-state index contributed by atoms with van der Waals surface area (Å²) in [6, 6.07) is 12.1. The van der Waals surface area contributed by atoms with Crippen molar-refractivity contribution in [3.63, 3.8) is 0 Å². The van der Waals surface area contributed by atoms with Gasteiger partial charge in [0.25, 0.3) is 5.69 Å². The molecule has 0 atom stereocenters. The van der Waals surface area contributed by atoms with Gasteiger partial charge < -0.3 is 5.11 Å². The highest BCUT2D eigenvalue weighted by Crippen LogP contribution is 2.33. The van der Waals surface area contributed by atoms with Crippen LogP contribution < -0.4 is 0 Å². The largest absolute Gasteiger partial charge is 0.392 e. The Morgan fingerprint density at radius 2 is 2.00 bits per heavy atom. The van der Waals surface area contributed by atoms with Gasteiger partial charge in [0.2, 0.25) is 0 Å². The molecule has 0 aliphatic carbocycles. The van der Waals surface area contributed by atoms with Gasteiger partial charge in [-0.05, 0) is 23.3 Å². The van der Waals surface area contributed by atoms with E-state index >= 15 is 0 Å². The second kappa shape index (κ2) is 6.74. The molecule has 0 saturated heterocycles. The summed E-state index contributed by atoms with van der Waals surface area (Å²) in [6.45, 7) is -0.212. The van der Waals surface area contributed by atoms with Crippen LogP contribution in [0, 0.1) is 10.1 Å². The van der Waals surface area contributed by atoms with Gasteiger partial charge in [0.1, 0.15) is 0 Å². The maximum absolute atomic E-state index is 11.1. The van der Waals surface area contributed by atoms with Crippen molar-refractivity contribution in [1.82, 2.24) is 0 Å². The zero-order valence-electron chi connectivity index (χ0n) is 10.5. The Labute approximate surface area is 125 Å². The van der Waals surface area contributed by atoms with Crippen molar-refractivity contribution in [1.29, 1.82) is 0 Å². The summed E-state index contributed by atoms with van der Waals surface area (Å²) in [5.74, 6) is 0.555.